The highest BCUT2D eigenvalue weighted by Crippen LogP contribution is 2.37. The third-order valence-corrected chi connectivity index (χ3v) is 6.25. The van der Waals surface area contributed by atoms with Gasteiger partial charge in [-0.1, -0.05) is 133 Å². The predicted octanol–water partition coefficient (Wildman–Crippen LogP) is 9.04. The van der Waals surface area contributed by atoms with Gasteiger partial charge in [0.25, 0.3) is 0 Å². The van der Waals surface area contributed by atoms with Crippen LogP contribution in [-0.2, 0) is 0 Å². The Kier molecular flexibility index (Phi) is 8.46. The van der Waals surface area contributed by atoms with Crippen molar-refractivity contribution in [2.45, 2.75) is 96.3 Å². The fourth-order valence-corrected chi connectivity index (χ4v) is 4.63. The second-order valence-corrected chi connectivity index (χ2v) is 8.44. The summed E-state index contributed by atoms with van der Waals surface area (Å²) in [6, 6.07) is 13.5. The first-order valence-corrected chi connectivity index (χ1v) is 11.6. The predicted molar refractivity (Wildman–Crippen MR) is 121 cm³/mol. The van der Waals surface area contributed by atoms with Crippen molar-refractivity contribution in [3.05, 3.63) is 53.6 Å². The molecule has 3 rings (SSSR count). The van der Waals surface area contributed by atoms with Crippen molar-refractivity contribution in [2.24, 2.45) is 0 Å². The minimum absolute atomic E-state index is 0.617. The normalized spacial score (nSPS) is 15.5. The fraction of sp³-hybridized carbons (Fsp3) is 0.556. The van der Waals surface area contributed by atoms with Gasteiger partial charge in [0.1, 0.15) is 0 Å². The van der Waals surface area contributed by atoms with Crippen molar-refractivity contribution >= 4 is 16.8 Å². The van der Waals surface area contributed by atoms with Gasteiger partial charge >= 0.3 is 0 Å². The lowest BCUT2D eigenvalue weighted by Crippen LogP contribution is -2.01. The molecule has 0 heteroatoms. The third kappa shape index (κ3) is 5.96. The highest BCUT2D eigenvalue weighted by Gasteiger charge is 2.16. The summed E-state index contributed by atoms with van der Waals surface area (Å²) >= 11 is 0. The molecule has 0 nitrogen and oxygen atoms in total. The van der Waals surface area contributed by atoms with Crippen LogP contribution in [0.15, 0.2) is 42.5 Å². The minimum atomic E-state index is 0.617. The topological polar surface area (TPSA) is 0 Å². The van der Waals surface area contributed by atoms with E-state index in [9.17, 15) is 0 Å². The fourth-order valence-electron chi connectivity index (χ4n) is 4.63. The van der Waals surface area contributed by atoms with Gasteiger partial charge in [-0.25, -0.2) is 0 Å². The molecule has 1 atom stereocenters. The van der Waals surface area contributed by atoms with E-state index in [1.807, 2.05) is 0 Å². The first-order chi connectivity index (χ1) is 13.4. The molecular formula is C27H38. The molecule has 0 N–H and O–H groups in total. The first kappa shape index (κ1) is 20.2. The van der Waals surface area contributed by atoms with E-state index in [0.717, 1.165) is 0 Å². The van der Waals surface area contributed by atoms with Crippen LogP contribution in [0.4, 0.5) is 0 Å². The van der Waals surface area contributed by atoms with Gasteiger partial charge in [0, 0.05) is 5.92 Å². The van der Waals surface area contributed by atoms with Crippen molar-refractivity contribution in [1.29, 1.82) is 0 Å². The molecule has 2 aromatic carbocycles. The largest absolute Gasteiger partial charge is 0.0764 e. The molecule has 0 aliphatic heterocycles. The van der Waals surface area contributed by atoms with Crippen LogP contribution in [-0.4, -0.2) is 0 Å². The lowest BCUT2D eigenvalue weighted by molar-refractivity contribution is 0.535. The average Bonchev–Trinajstić information content (AvgIpc) is 2.70. The van der Waals surface area contributed by atoms with Crippen LogP contribution in [0.2, 0.25) is 0 Å². The maximum Gasteiger partial charge on any atom is 0.00276 e. The van der Waals surface area contributed by atoms with Crippen LogP contribution in [0.25, 0.3) is 16.8 Å². The van der Waals surface area contributed by atoms with E-state index in [1.54, 1.807) is 5.56 Å². The number of hydrogen-bond acceptors (Lipinski definition) is 0. The lowest BCUT2D eigenvalue weighted by Gasteiger charge is -2.21. The van der Waals surface area contributed by atoms with Crippen LogP contribution < -0.4 is 0 Å². The molecule has 1 aliphatic carbocycles. The molecule has 2 aromatic rings. The third-order valence-electron chi connectivity index (χ3n) is 6.25. The highest BCUT2D eigenvalue weighted by atomic mass is 14.2. The van der Waals surface area contributed by atoms with Crippen molar-refractivity contribution in [2.75, 3.05) is 0 Å². The Hall–Kier alpha value is -1.56. The van der Waals surface area contributed by atoms with Crippen molar-refractivity contribution < 1.29 is 0 Å². The highest BCUT2D eigenvalue weighted by molar-refractivity contribution is 5.95. The molecule has 0 spiro atoms. The lowest BCUT2D eigenvalue weighted by atomic mass is 9.83. The summed E-state index contributed by atoms with van der Waals surface area (Å²) in [5.74, 6) is 0.617. The van der Waals surface area contributed by atoms with Crippen LogP contribution in [0.3, 0.4) is 0 Å². The Bertz CT molecular complexity index is 704. The van der Waals surface area contributed by atoms with Gasteiger partial charge in [-0.3, -0.25) is 0 Å². The number of benzene rings is 2. The van der Waals surface area contributed by atoms with Gasteiger partial charge in [0.2, 0.25) is 0 Å². The molecule has 27 heavy (non-hydrogen) atoms. The van der Waals surface area contributed by atoms with Crippen LogP contribution in [0.1, 0.15) is 107 Å². The monoisotopic (exact) mass is 362 g/mol. The SMILES string of the molecule is CCCCCCCCCCCCCCC1C=Cc2cccc3cccc1c23. The van der Waals surface area contributed by atoms with E-state index in [4.69, 9.17) is 0 Å². The van der Waals surface area contributed by atoms with Gasteiger partial charge in [-0.05, 0) is 28.3 Å². The Labute approximate surface area is 167 Å². The maximum atomic E-state index is 2.44. The smallest absolute Gasteiger partial charge is 0.00276 e. The van der Waals surface area contributed by atoms with E-state index in [-0.39, 0.29) is 0 Å². The van der Waals surface area contributed by atoms with Crippen LogP contribution >= 0.6 is 0 Å². The Morgan fingerprint density at radius 2 is 1.26 bits per heavy atom. The Morgan fingerprint density at radius 1 is 0.667 bits per heavy atom. The van der Waals surface area contributed by atoms with Gasteiger partial charge in [0.05, 0.1) is 0 Å². The van der Waals surface area contributed by atoms with Gasteiger partial charge < -0.3 is 0 Å². The van der Waals surface area contributed by atoms with E-state index >= 15 is 0 Å². The average molecular weight is 363 g/mol. The first-order valence-electron chi connectivity index (χ1n) is 11.6. The Balaban J connectivity index is 1.30. The van der Waals surface area contributed by atoms with E-state index in [2.05, 4.69) is 55.5 Å². The zero-order valence-electron chi connectivity index (χ0n) is 17.4. The minimum Gasteiger partial charge on any atom is -0.0764 e. The number of unbranched alkanes of at least 4 members (excludes halogenated alkanes) is 11. The second kappa shape index (κ2) is 11.3. The molecule has 0 bridgehead atoms. The number of rotatable bonds is 13. The van der Waals surface area contributed by atoms with Gasteiger partial charge in [-0.15, -0.1) is 0 Å². The van der Waals surface area contributed by atoms with Crippen molar-refractivity contribution in [3.63, 3.8) is 0 Å². The molecule has 0 saturated carbocycles. The number of hydrogen-bond donors (Lipinski definition) is 0. The summed E-state index contributed by atoms with van der Waals surface area (Å²) in [5.41, 5.74) is 2.95. The Morgan fingerprint density at radius 3 is 1.93 bits per heavy atom. The number of allylic oxidation sites excluding steroid dienone is 1. The summed E-state index contributed by atoms with van der Waals surface area (Å²) in [4.78, 5) is 0. The molecule has 0 saturated heterocycles. The molecule has 146 valence electrons. The second-order valence-electron chi connectivity index (χ2n) is 8.44. The van der Waals surface area contributed by atoms with Crippen LogP contribution in [0.5, 0.6) is 0 Å². The van der Waals surface area contributed by atoms with E-state index in [0.29, 0.717) is 5.92 Å². The maximum absolute atomic E-state index is 2.44. The zero-order valence-corrected chi connectivity index (χ0v) is 17.4. The molecule has 0 radical (unpaired) electrons. The summed E-state index contributed by atoms with van der Waals surface area (Å²) in [5, 5.41) is 2.89. The molecule has 1 aliphatic rings. The molecule has 0 aromatic heterocycles. The van der Waals surface area contributed by atoms with Gasteiger partial charge in [-0.2, -0.15) is 0 Å². The van der Waals surface area contributed by atoms with E-state index < -0.39 is 0 Å². The summed E-state index contributed by atoms with van der Waals surface area (Å²) in [6.45, 7) is 2.30. The molecule has 0 fully saturated rings. The van der Waals surface area contributed by atoms with Crippen molar-refractivity contribution in [3.8, 4) is 0 Å². The van der Waals surface area contributed by atoms with E-state index in [1.165, 1.54) is 99.8 Å². The summed E-state index contributed by atoms with van der Waals surface area (Å²) < 4.78 is 0. The molecule has 0 heterocycles. The molecule has 1 unspecified atom stereocenters. The quantitative estimate of drug-likeness (QED) is 0.312. The summed E-state index contributed by atoms with van der Waals surface area (Å²) in [7, 11) is 0. The van der Waals surface area contributed by atoms with Crippen LogP contribution in [0, 0.1) is 0 Å². The molecule has 0 amide bonds. The van der Waals surface area contributed by atoms with Crippen molar-refractivity contribution in [1.82, 2.24) is 0 Å². The summed E-state index contributed by atoms with van der Waals surface area (Å²) in [6.07, 6.45) is 23.2. The molecular weight excluding hydrogens is 324 g/mol. The van der Waals surface area contributed by atoms with Gasteiger partial charge in [0.15, 0.2) is 0 Å². The zero-order chi connectivity index (χ0) is 18.7. The standard InChI is InChI=1S/C27H38/c1-2-3-4-5-6-7-8-9-10-11-12-13-16-23-21-22-25-18-14-17-24-19-15-20-26(23)27(24)25/h14-15,17-23H,2-13,16H2,1H3.